The highest BCUT2D eigenvalue weighted by Crippen LogP contribution is 2.45. The van der Waals surface area contributed by atoms with Gasteiger partial charge in [-0.2, -0.15) is 0 Å². The fourth-order valence-electron chi connectivity index (χ4n) is 2.53. The minimum absolute atomic E-state index is 0.0235. The second-order valence-electron chi connectivity index (χ2n) is 4.72. The third-order valence-corrected chi connectivity index (χ3v) is 3.80. The Hall–Kier alpha value is -1.35. The highest BCUT2D eigenvalue weighted by Gasteiger charge is 2.51. The Kier molecular flexibility index (Phi) is 2.74. The van der Waals surface area contributed by atoms with Gasteiger partial charge in [-0.05, 0) is 29.7 Å². The van der Waals surface area contributed by atoms with Gasteiger partial charge in [0, 0.05) is 17.0 Å². The van der Waals surface area contributed by atoms with Crippen LogP contribution in [0.15, 0.2) is 18.2 Å². The summed E-state index contributed by atoms with van der Waals surface area (Å²) in [5.41, 5.74) is -0.0832. The van der Waals surface area contributed by atoms with Gasteiger partial charge in [-0.25, -0.2) is 0 Å². The van der Waals surface area contributed by atoms with E-state index in [0.29, 0.717) is 16.1 Å². The van der Waals surface area contributed by atoms with Gasteiger partial charge in [-0.15, -0.1) is 0 Å². The summed E-state index contributed by atoms with van der Waals surface area (Å²) in [5.74, 6) is -1.24. The number of carboxylic acid groups (broad SMARTS) is 1. The monoisotopic (exact) mass is 252 g/mol. The molecule has 2 rings (SSSR count). The first kappa shape index (κ1) is 12.1. The van der Waals surface area contributed by atoms with Crippen LogP contribution in [-0.2, 0) is 10.2 Å². The van der Waals surface area contributed by atoms with E-state index in [1.807, 2.05) is 13.8 Å². The molecular formula is C13H13ClO3. The van der Waals surface area contributed by atoms with E-state index in [0.717, 1.165) is 0 Å². The third kappa shape index (κ3) is 1.57. The summed E-state index contributed by atoms with van der Waals surface area (Å²) in [4.78, 5) is 23.5. The Balaban J connectivity index is 2.73. The molecule has 0 bridgehead atoms. The summed E-state index contributed by atoms with van der Waals surface area (Å²) in [6.07, 6.45) is 0.0235. The van der Waals surface area contributed by atoms with Crippen LogP contribution in [0.1, 0.15) is 36.2 Å². The average Bonchev–Trinajstić information content (AvgIpc) is 2.52. The highest BCUT2D eigenvalue weighted by atomic mass is 35.5. The maximum absolute atomic E-state index is 11.9. The Labute approximate surface area is 104 Å². The minimum Gasteiger partial charge on any atom is -0.481 e. The van der Waals surface area contributed by atoms with Crippen molar-refractivity contribution in [1.82, 2.24) is 0 Å². The van der Waals surface area contributed by atoms with Crippen LogP contribution in [0, 0.1) is 5.92 Å². The topological polar surface area (TPSA) is 54.4 Å². The number of hydrogen-bond donors (Lipinski definition) is 1. The van der Waals surface area contributed by atoms with Crippen molar-refractivity contribution in [2.24, 2.45) is 5.92 Å². The Morgan fingerprint density at radius 2 is 2.12 bits per heavy atom. The maximum atomic E-state index is 11.9. The van der Waals surface area contributed by atoms with E-state index in [1.54, 1.807) is 18.2 Å². The molecule has 3 nitrogen and oxygen atoms in total. The van der Waals surface area contributed by atoms with E-state index >= 15 is 0 Å². The molecular weight excluding hydrogens is 240 g/mol. The zero-order chi connectivity index (χ0) is 12.8. The molecule has 0 heterocycles. The van der Waals surface area contributed by atoms with Gasteiger partial charge < -0.3 is 5.11 Å². The first-order valence-electron chi connectivity index (χ1n) is 5.46. The number of carboxylic acids is 1. The molecule has 90 valence electrons. The molecule has 1 aliphatic carbocycles. The van der Waals surface area contributed by atoms with Crippen LogP contribution < -0.4 is 0 Å². The zero-order valence-corrected chi connectivity index (χ0v) is 10.4. The van der Waals surface area contributed by atoms with Crippen molar-refractivity contribution in [3.8, 4) is 0 Å². The molecule has 1 atom stereocenters. The van der Waals surface area contributed by atoms with Gasteiger partial charge in [0.15, 0.2) is 5.78 Å². The van der Waals surface area contributed by atoms with E-state index in [-0.39, 0.29) is 18.1 Å². The fourth-order valence-corrected chi connectivity index (χ4v) is 2.70. The third-order valence-electron chi connectivity index (χ3n) is 3.57. The predicted molar refractivity (Wildman–Crippen MR) is 64.6 cm³/mol. The van der Waals surface area contributed by atoms with Crippen molar-refractivity contribution in [3.05, 3.63) is 34.3 Å². The van der Waals surface area contributed by atoms with Crippen LogP contribution in [0.3, 0.4) is 0 Å². The number of halogens is 1. The molecule has 1 aromatic rings. The Morgan fingerprint density at radius 1 is 1.47 bits per heavy atom. The van der Waals surface area contributed by atoms with Crippen LogP contribution >= 0.6 is 11.6 Å². The predicted octanol–water partition coefficient (Wildman–Crippen LogP) is 2.90. The number of carbonyl (C=O) groups is 2. The van der Waals surface area contributed by atoms with Crippen LogP contribution in [0.25, 0.3) is 0 Å². The van der Waals surface area contributed by atoms with Crippen molar-refractivity contribution in [2.45, 2.75) is 25.7 Å². The lowest BCUT2D eigenvalue weighted by Gasteiger charge is -2.29. The van der Waals surface area contributed by atoms with Crippen LogP contribution in [-0.4, -0.2) is 16.9 Å². The summed E-state index contributed by atoms with van der Waals surface area (Å²) in [7, 11) is 0. The summed E-state index contributed by atoms with van der Waals surface area (Å²) >= 11 is 5.90. The lowest BCUT2D eigenvalue weighted by Crippen LogP contribution is -2.39. The second kappa shape index (κ2) is 3.84. The van der Waals surface area contributed by atoms with E-state index in [1.165, 1.54) is 0 Å². The first-order chi connectivity index (χ1) is 7.89. The number of Topliss-reactive ketones (excluding diaryl/α,β-unsaturated/α-hetero) is 1. The quantitative estimate of drug-likeness (QED) is 0.881. The average molecular weight is 253 g/mol. The van der Waals surface area contributed by atoms with Gasteiger partial charge in [0.05, 0.1) is 0 Å². The molecule has 0 saturated carbocycles. The molecule has 0 amide bonds. The van der Waals surface area contributed by atoms with Crippen molar-refractivity contribution < 1.29 is 14.7 Å². The summed E-state index contributed by atoms with van der Waals surface area (Å²) in [5, 5.41) is 9.96. The van der Waals surface area contributed by atoms with Crippen molar-refractivity contribution >= 4 is 23.4 Å². The normalized spacial score (nSPS) is 22.9. The maximum Gasteiger partial charge on any atom is 0.314 e. The van der Waals surface area contributed by atoms with Gasteiger partial charge in [-0.1, -0.05) is 25.4 Å². The van der Waals surface area contributed by atoms with Gasteiger partial charge in [0.25, 0.3) is 0 Å². The molecule has 4 heteroatoms. The number of hydrogen-bond acceptors (Lipinski definition) is 2. The molecule has 0 radical (unpaired) electrons. The number of aliphatic carboxylic acids is 1. The number of ketones is 1. The summed E-state index contributed by atoms with van der Waals surface area (Å²) in [6.45, 7) is 3.63. The van der Waals surface area contributed by atoms with Crippen molar-refractivity contribution in [2.75, 3.05) is 0 Å². The van der Waals surface area contributed by atoms with E-state index in [4.69, 9.17) is 11.6 Å². The molecule has 17 heavy (non-hydrogen) atoms. The molecule has 1 N–H and O–H groups in total. The minimum atomic E-state index is -1.13. The largest absolute Gasteiger partial charge is 0.481 e. The number of benzene rings is 1. The van der Waals surface area contributed by atoms with E-state index in [9.17, 15) is 14.7 Å². The smallest absolute Gasteiger partial charge is 0.314 e. The number of carbonyl (C=O) groups excluding carboxylic acids is 1. The number of rotatable bonds is 2. The summed E-state index contributed by atoms with van der Waals surface area (Å²) < 4.78 is 0. The van der Waals surface area contributed by atoms with E-state index < -0.39 is 11.4 Å². The van der Waals surface area contributed by atoms with Crippen LogP contribution in [0.5, 0.6) is 0 Å². The molecule has 0 spiro atoms. The Morgan fingerprint density at radius 3 is 2.65 bits per heavy atom. The van der Waals surface area contributed by atoms with E-state index in [2.05, 4.69) is 0 Å². The molecule has 0 aliphatic heterocycles. The van der Waals surface area contributed by atoms with Gasteiger partial charge in [0.1, 0.15) is 5.41 Å². The van der Waals surface area contributed by atoms with Gasteiger partial charge >= 0.3 is 5.97 Å². The van der Waals surface area contributed by atoms with Gasteiger partial charge in [0.2, 0.25) is 0 Å². The molecule has 1 aliphatic rings. The molecule has 0 fully saturated rings. The first-order valence-corrected chi connectivity index (χ1v) is 5.84. The van der Waals surface area contributed by atoms with Gasteiger partial charge in [-0.3, -0.25) is 9.59 Å². The highest BCUT2D eigenvalue weighted by molar-refractivity contribution is 6.31. The van der Waals surface area contributed by atoms with Crippen molar-refractivity contribution in [1.29, 1.82) is 0 Å². The summed E-state index contributed by atoms with van der Waals surface area (Å²) in [6, 6.07) is 4.85. The van der Waals surface area contributed by atoms with Crippen molar-refractivity contribution in [3.63, 3.8) is 0 Å². The molecule has 1 unspecified atom stereocenters. The lowest BCUT2D eigenvalue weighted by molar-refractivity contribution is -0.145. The fraction of sp³-hybridized carbons (Fsp3) is 0.385. The lowest BCUT2D eigenvalue weighted by atomic mass is 9.72. The molecule has 0 saturated heterocycles. The SMILES string of the molecule is CC(C)C1(C(=O)O)CC(=O)c2ccc(Cl)cc21. The van der Waals surface area contributed by atoms with Crippen LogP contribution in [0.2, 0.25) is 5.02 Å². The zero-order valence-electron chi connectivity index (χ0n) is 9.66. The standard InChI is InChI=1S/C13H13ClO3/c1-7(2)13(12(16)17)6-11(15)9-4-3-8(14)5-10(9)13/h3-5,7H,6H2,1-2H3,(H,16,17). The second-order valence-corrected chi connectivity index (χ2v) is 5.16. The molecule has 1 aromatic carbocycles. The number of fused-ring (bicyclic) bond motifs is 1. The Bertz CT molecular complexity index is 507. The van der Waals surface area contributed by atoms with Crippen LogP contribution in [0.4, 0.5) is 0 Å². The molecule has 0 aromatic heterocycles.